The molecule has 116 valence electrons. The highest BCUT2D eigenvalue weighted by molar-refractivity contribution is 9.10. The van der Waals surface area contributed by atoms with Gasteiger partial charge in [-0.05, 0) is 43.0 Å². The summed E-state index contributed by atoms with van der Waals surface area (Å²) in [6.07, 6.45) is 2.97. The Kier molecular flexibility index (Phi) is 6.06. The molecule has 0 radical (unpaired) electrons. The largest absolute Gasteiger partial charge is 0.493 e. The lowest BCUT2D eigenvalue weighted by Crippen LogP contribution is -2.17. The fraction of sp³-hybridized carbons (Fsp3) is 0.562. The van der Waals surface area contributed by atoms with Crippen LogP contribution in [0.2, 0.25) is 0 Å². The number of benzene rings is 1. The fourth-order valence-corrected chi connectivity index (χ4v) is 3.12. The molecule has 0 aliphatic carbocycles. The topological polar surface area (TPSA) is 58.6 Å². The molecule has 5 heteroatoms. The normalized spacial score (nSPS) is 14.6. The van der Waals surface area contributed by atoms with Gasteiger partial charge >= 0.3 is 5.97 Å². The average Bonchev–Trinajstić information content (AvgIpc) is 2.89. The summed E-state index contributed by atoms with van der Waals surface area (Å²) < 4.78 is 6.80. The van der Waals surface area contributed by atoms with Crippen molar-refractivity contribution in [1.82, 2.24) is 5.32 Å². The Morgan fingerprint density at radius 3 is 3.05 bits per heavy atom. The molecule has 0 saturated carbocycles. The van der Waals surface area contributed by atoms with Crippen molar-refractivity contribution in [3.8, 4) is 5.75 Å². The minimum atomic E-state index is -0.711. The smallest absolute Gasteiger partial charge is 0.303 e. The maximum atomic E-state index is 10.5. The lowest BCUT2D eigenvalue weighted by Gasteiger charge is -2.13. The molecule has 0 fully saturated rings. The quantitative estimate of drug-likeness (QED) is 0.702. The van der Waals surface area contributed by atoms with Crippen LogP contribution < -0.4 is 10.1 Å². The van der Waals surface area contributed by atoms with Crippen molar-refractivity contribution in [3.05, 3.63) is 27.7 Å². The molecule has 0 aromatic heterocycles. The molecule has 0 spiro atoms. The van der Waals surface area contributed by atoms with Crippen molar-refractivity contribution >= 4 is 21.9 Å². The summed E-state index contributed by atoms with van der Waals surface area (Å²) in [7, 11) is 0. The number of hydrogen-bond acceptors (Lipinski definition) is 3. The first kappa shape index (κ1) is 16.3. The molecule has 1 heterocycles. The molecule has 0 amide bonds. The van der Waals surface area contributed by atoms with Crippen LogP contribution >= 0.6 is 15.9 Å². The number of halogens is 1. The molecule has 2 N–H and O–H groups in total. The Bertz CT molecular complexity index is 505. The van der Waals surface area contributed by atoms with Gasteiger partial charge in [0.05, 0.1) is 6.61 Å². The van der Waals surface area contributed by atoms with E-state index in [1.165, 1.54) is 11.1 Å². The van der Waals surface area contributed by atoms with E-state index < -0.39 is 5.97 Å². The van der Waals surface area contributed by atoms with Crippen molar-refractivity contribution in [3.63, 3.8) is 0 Å². The second-order valence-electron chi connectivity index (χ2n) is 5.65. The van der Waals surface area contributed by atoms with Gasteiger partial charge in [-0.2, -0.15) is 0 Å². The van der Waals surface area contributed by atoms with Crippen LogP contribution in [0.5, 0.6) is 5.75 Å². The van der Waals surface area contributed by atoms with Gasteiger partial charge in [0, 0.05) is 29.4 Å². The Morgan fingerprint density at radius 1 is 1.48 bits per heavy atom. The highest BCUT2D eigenvalue weighted by Crippen LogP contribution is 2.32. The van der Waals surface area contributed by atoms with E-state index in [1.807, 2.05) is 0 Å². The molecule has 21 heavy (non-hydrogen) atoms. The third-order valence-corrected chi connectivity index (χ3v) is 4.26. The predicted octanol–water partition coefficient (Wildman–Crippen LogP) is 3.36. The van der Waals surface area contributed by atoms with Crippen molar-refractivity contribution in [2.45, 2.75) is 39.2 Å². The van der Waals surface area contributed by atoms with Crippen LogP contribution in [-0.2, 0) is 17.8 Å². The van der Waals surface area contributed by atoms with Crippen molar-refractivity contribution in [1.29, 1.82) is 0 Å². The van der Waals surface area contributed by atoms with Crippen LogP contribution in [-0.4, -0.2) is 24.2 Å². The van der Waals surface area contributed by atoms with Gasteiger partial charge in [-0.1, -0.05) is 22.9 Å². The molecule has 1 unspecified atom stereocenters. The summed E-state index contributed by atoms with van der Waals surface area (Å²) in [6, 6.07) is 4.23. The van der Waals surface area contributed by atoms with Crippen LogP contribution in [0.4, 0.5) is 0 Å². The van der Waals surface area contributed by atoms with Crippen LogP contribution in [0, 0.1) is 5.92 Å². The van der Waals surface area contributed by atoms with Crippen molar-refractivity contribution < 1.29 is 14.6 Å². The van der Waals surface area contributed by atoms with E-state index in [0.717, 1.165) is 49.2 Å². The van der Waals surface area contributed by atoms with Gasteiger partial charge in [0.2, 0.25) is 0 Å². The fourth-order valence-electron chi connectivity index (χ4n) is 2.56. The zero-order chi connectivity index (χ0) is 15.2. The summed E-state index contributed by atoms with van der Waals surface area (Å²) in [5.41, 5.74) is 2.46. The standard InChI is InChI=1S/C16H22BrNO3/c1-11(2-3-15(19)20)4-6-18-10-13-9-14(17)8-12-5-7-21-16(12)13/h8-9,11,18H,2-7,10H2,1H3,(H,19,20). The molecule has 1 aromatic carbocycles. The number of carbonyl (C=O) groups is 1. The van der Waals surface area contributed by atoms with Gasteiger partial charge in [-0.25, -0.2) is 0 Å². The summed E-state index contributed by atoms with van der Waals surface area (Å²) in [6.45, 7) is 4.55. The number of fused-ring (bicyclic) bond motifs is 1. The molecule has 1 aliphatic heterocycles. The van der Waals surface area contributed by atoms with Crippen molar-refractivity contribution in [2.75, 3.05) is 13.2 Å². The number of nitrogens with one attached hydrogen (secondary N) is 1. The molecule has 2 rings (SSSR count). The number of ether oxygens (including phenoxy) is 1. The zero-order valence-electron chi connectivity index (χ0n) is 12.3. The molecule has 4 nitrogen and oxygen atoms in total. The molecule has 1 atom stereocenters. The summed E-state index contributed by atoms with van der Waals surface area (Å²) >= 11 is 3.54. The minimum Gasteiger partial charge on any atom is -0.493 e. The lowest BCUT2D eigenvalue weighted by atomic mass is 10.0. The number of carboxylic acid groups (broad SMARTS) is 1. The molecule has 1 aliphatic rings. The number of aliphatic carboxylic acids is 1. The number of rotatable bonds is 8. The van der Waals surface area contributed by atoms with E-state index in [0.29, 0.717) is 5.92 Å². The van der Waals surface area contributed by atoms with E-state index in [-0.39, 0.29) is 6.42 Å². The van der Waals surface area contributed by atoms with Crippen LogP contribution in [0.15, 0.2) is 16.6 Å². The van der Waals surface area contributed by atoms with Gasteiger partial charge in [0.1, 0.15) is 5.75 Å². The molecular weight excluding hydrogens is 334 g/mol. The Morgan fingerprint density at radius 2 is 2.29 bits per heavy atom. The first-order valence-electron chi connectivity index (χ1n) is 7.43. The maximum Gasteiger partial charge on any atom is 0.303 e. The first-order valence-corrected chi connectivity index (χ1v) is 8.22. The summed E-state index contributed by atoms with van der Waals surface area (Å²) in [5, 5.41) is 12.1. The molecule has 0 bridgehead atoms. The van der Waals surface area contributed by atoms with Crippen LogP contribution in [0.3, 0.4) is 0 Å². The Balaban J connectivity index is 1.75. The van der Waals surface area contributed by atoms with E-state index in [2.05, 4.69) is 40.3 Å². The predicted molar refractivity (Wildman–Crippen MR) is 85.7 cm³/mol. The Hall–Kier alpha value is -1.07. The highest BCUT2D eigenvalue weighted by Gasteiger charge is 2.17. The molecule has 0 saturated heterocycles. The van der Waals surface area contributed by atoms with Crippen molar-refractivity contribution in [2.24, 2.45) is 5.92 Å². The van der Waals surface area contributed by atoms with Gasteiger partial charge in [-0.15, -0.1) is 0 Å². The number of carboxylic acids is 1. The average molecular weight is 356 g/mol. The van der Waals surface area contributed by atoms with Gasteiger partial charge in [0.15, 0.2) is 0 Å². The van der Waals surface area contributed by atoms with E-state index >= 15 is 0 Å². The van der Waals surface area contributed by atoms with E-state index in [4.69, 9.17) is 9.84 Å². The zero-order valence-corrected chi connectivity index (χ0v) is 13.9. The van der Waals surface area contributed by atoms with Gasteiger partial charge in [-0.3, -0.25) is 4.79 Å². The lowest BCUT2D eigenvalue weighted by molar-refractivity contribution is -0.137. The first-order chi connectivity index (χ1) is 10.1. The highest BCUT2D eigenvalue weighted by atomic mass is 79.9. The van der Waals surface area contributed by atoms with Crippen LogP contribution in [0.25, 0.3) is 0 Å². The van der Waals surface area contributed by atoms with E-state index in [9.17, 15) is 4.79 Å². The summed E-state index contributed by atoms with van der Waals surface area (Å²) in [4.78, 5) is 10.5. The maximum absolute atomic E-state index is 10.5. The van der Waals surface area contributed by atoms with Crippen LogP contribution in [0.1, 0.15) is 37.3 Å². The number of hydrogen-bond donors (Lipinski definition) is 2. The monoisotopic (exact) mass is 355 g/mol. The van der Waals surface area contributed by atoms with E-state index in [1.54, 1.807) is 0 Å². The van der Waals surface area contributed by atoms with Gasteiger partial charge in [0.25, 0.3) is 0 Å². The second kappa shape index (κ2) is 7.80. The summed E-state index contributed by atoms with van der Waals surface area (Å²) in [5.74, 6) is 0.749. The minimum absolute atomic E-state index is 0.258. The Labute approximate surface area is 134 Å². The second-order valence-corrected chi connectivity index (χ2v) is 6.57. The molecular formula is C16H22BrNO3. The third kappa shape index (κ3) is 5.00. The third-order valence-electron chi connectivity index (χ3n) is 3.81. The SMILES string of the molecule is CC(CCNCc1cc(Br)cc2c1OCC2)CCC(=O)O. The van der Waals surface area contributed by atoms with Gasteiger partial charge < -0.3 is 15.2 Å². The molecule has 1 aromatic rings.